The van der Waals surface area contributed by atoms with Gasteiger partial charge >= 0.3 is 0 Å². The molecular weight excluding hydrogens is 546 g/mol. The molecule has 0 radical (unpaired) electrons. The Balaban J connectivity index is 1.19. The van der Waals surface area contributed by atoms with Crippen LogP contribution in [0.5, 0.6) is 0 Å². The molecule has 1 aromatic heterocycles. The van der Waals surface area contributed by atoms with Gasteiger partial charge in [0.2, 0.25) is 0 Å². The summed E-state index contributed by atoms with van der Waals surface area (Å²) in [6, 6.07) is 54.6. The molecule has 0 bridgehead atoms. The fourth-order valence-corrected chi connectivity index (χ4v) is 7.46. The van der Waals surface area contributed by atoms with Crippen molar-refractivity contribution in [1.82, 2.24) is 0 Å². The summed E-state index contributed by atoms with van der Waals surface area (Å²) in [6.45, 7) is 4.70. The Morgan fingerprint density at radius 1 is 0.489 bits per heavy atom. The molecule has 7 aromatic carbocycles. The topological polar surface area (TPSA) is 16.4 Å². The minimum atomic E-state index is -0.159. The lowest BCUT2D eigenvalue weighted by Gasteiger charge is -2.28. The van der Waals surface area contributed by atoms with Gasteiger partial charge in [0.05, 0.1) is 0 Å². The Morgan fingerprint density at radius 3 is 2.02 bits per heavy atom. The molecule has 0 aliphatic heterocycles. The summed E-state index contributed by atoms with van der Waals surface area (Å²) in [5.41, 5.74) is 12.9. The Morgan fingerprint density at radius 2 is 1.18 bits per heavy atom. The van der Waals surface area contributed by atoms with E-state index >= 15 is 0 Å². The average molecular weight is 578 g/mol. The third-order valence-corrected chi connectivity index (χ3v) is 9.66. The Labute approximate surface area is 262 Å². The smallest absolute Gasteiger partial charge is 0.136 e. The largest absolute Gasteiger partial charge is 0.456 e. The average Bonchev–Trinajstić information content (AvgIpc) is 3.57. The number of furan rings is 1. The summed E-state index contributed by atoms with van der Waals surface area (Å²) < 4.78 is 6.30. The summed E-state index contributed by atoms with van der Waals surface area (Å²) in [5.74, 6) is 0. The molecule has 2 nitrogen and oxygen atoms in total. The van der Waals surface area contributed by atoms with E-state index < -0.39 is 0 Å². The van der Waals surface area contributed by atoms with Crippen molar-refractivity contribution >= 4 is 49.8 Å². The first-order chi connectivity index (χ1) is 22.1. The van der Waals surface area contributed by atoms with Crippen LogP contribution in [-0.2, 0) is 5.41 Å². The van der Waals surface area contributed by atoms with E-state index in [0.717, 1.165) is 28.2 Å². The lowest BCUT2D eigenvalue weighted by Crippen LogP contribution is -2.16. The fraction of sp³-hybridized carbons (Fsp3) is 0.0698. The third kappa shape index (κ3) is 3.89. The van der Waals surface area contributed by atoms with Crippen LogP contribution in [0.1, 0.15) is 25.0 Å². The highest BCUT2D eigenvalue weighted by Gasteiger charge is 2.38. The van der Waals surface area contributed by atoms with Crippen LogP contribution in [0.2, 0.25) is 0 Å². The molecular formula is C43H31NO. The normalized spacial score (nSPS) is 13.3. The maximum Gasteiger partial charge on any atom is 0.136 e. The number of hydrogen-bond acceptors (Lipinski definition) is 2. The van der Waals surface area contributed by atoms with Gasteiger partial charge in [-0.15, -0.1) is 0 Å². The standard InChI is InChI=1S/C43H31NO/c1-43(2)37-25-26-40-42(36-16-8-9-18-39(36)45-40)41(37)35-24-23-32(27-38(35)43)44(30-13-4-3-5-14-30)31-21-19-29(20-22-31)34-17-10-12-28-11-6-7-15-33(28)34/h3-27H,1-2H3. The summed E-state index contributed by atoms with van der Waals surface area (Å²) in [5, 5.41) is 4.92. The molecule has 2 heteroatoms. The second-order valence-corrected chi connectivity index (χ2v) is 12.6. The summed E-state index contributed by atoms with van der Waals surface area (Å²) in [4.78, 5) is 2.37. The first-order valence-electron chi connectivity index (χ1n) is 15.6. The molecule has 0 fully saturated rings. The van der Waals surface area contributed by atoms with Gasteiger partial charge < -0.3 is 9.32 Å². The van der Waals surface area contributed by atoms with Gasteiger partial charge in [-0.2, -0.15) is 0 Å². The number of anilines is 3. The molecule has 8 aromatic rings. The second-order valence-electron chi connectivity index (χ2n) is 12.6. The number of nitrogens with zero attached hydrogens (tertiary/aromatic N) is 1. The second kappa shape index (κ2) is 9.70. The Kier molecular flexibility index (Phi) is 5.58. The van der Waals surface area contributed by atoms with Crippen molar-refractivity contribution in [3.05, 3.63) is 163 Å². The zero-order valence-corrected chi connectivity index (χ0v) is 25.3. The number of hydrogen-bond donors (Lipinski definition) is 0. The van der Waals surface area contributed by atoms with Gasteiger partial charge in [0.1, 0.15) is 11.2 Å². The highest BCUT2D eigenvalue weighted by Crippen LogP contribution is 2.54. The zero-order chi connectivity index (χ0) is 30.1. The van der Waals surface area contributed by atoms with Crippen LogP contribution in [0.4, 0.5) is 17.1 Å². The van der Waals surface area contributed by atoms with E-state index in [1.54, 1.807) is 0 Å². The van der Waals surface area contributed by atoms with Crippen molar-refractivity contribution in [3.63, 3.8) is 0 Å². The van der Waals surface area contributed by atoms with Gasteiger partial charge in [0.25, 0.3) is 0 Å². The van der Waals surface area contributed by atoms with Crippen molar-refractivity contribution in [3.8, 4) is 22.3 Å². The maximum atomic E-state index is 6.30. The fourth-order valence-electron chi connectivity index (χ4n) is 7.46. The quantitative estimate of drug-likeness (QED) is 0.207. The molecule has 0 unspecified atom stereocenters. The van der Waals surface area contributed by atoms with Gasteiger partial charge in [-0.3, -0.25) is 0 Å². The van der Waals surface area contributed by atoms with Crippen LogP contribution in [0.25, 0.3) is 55.0 Å². The van der Waals surface area contributed by atoms with E-state index in [1.165, 1.54) is 54.9 Å². The molecule has 0 N–H and O–H groups in total. The predicted octanol–water partition coefficient (Wildman–Crippen LogP) is 12.2. The molecule has 45 heavy (non-hydrogen) atoms. The van der Waals surface area contributed by atoms with Crippen LogP contribution in [0.15, 0.2) is 156 Å². The SMILES string of the molecule is CC1(C)c2cc(N(c3ccccc3)c3ccc(-c4cccc5ccccc45)cc3)ccc2-c2c1ccc1oc3ccccc3c21. The van der Waals surface area contributed by atoms with Gasteiger partial charge in [-0.05, 0) is 92.7 Å². The van der Waals surface area contributed by atoms with E-state index in [9.17, 15) is 0 Å². The predicted molar refractivity (Wildman–Crippen MR) is 189 cm³/mol. The van der Waals surface area contributed by atoms with Crippen molar-refractivity contribution in [2.75, 3.05) is 4.90 Å². The lowest BCUT2D eigenvalue weighted by atomic mass is 9.82. The van der Waals surface area contributed by atoms with Crippen LogP contribution >= 0.6 is 0 Å². The van der Waals surface area contributed by atoms with Gasteiger partial charge in [0, 0.05) is 33.2 Å². The highest BCUT2D eigenvalue weighted by molar-refractivity contribution is 6.15. The third-order valence-electron chi connectivity index (χ3n) is 9.66. The van der Waals surface area contributed by atoms with E-state index in [1.807, 2.05) is 6.07 Å². The monoisotopic (exact) mass is 577 g/mol. The Hall–Kier alpha value is -5.60. The first kappa shape index (κ1) is 25.9. The van der Waals surface area contributed by atoms with Gasteiger partial charge in [-0.25, -0.2) is 0 Å². The van der Waals surface area contributed by atoms with E-state index in [-0.39, 0.29) is 5.41 Å². The van der Waals surface area contributed by atoms with Crippen LogP contribution in [-0.4, -0.2) is 0 Å². The molecule has 0 saturated carbocycles. The number of fused-ring (bicyclic) bond motifs is 8. The minimum absolute atomic E-state index is 0.159. The highest BCUT2D eigenvalue weighted by atomic mass is 16.3. The molecule has 1 aliphatic carbocycles. The molecule has 1 aliphatic rings. The minimum Gasteiger partial charge on any atom is -0.456 e. The first-order valence-corrected chi connectivity index (χ1v) is 15.6. The van der Waals surface area contributed by atoms with Gasteiger partial charge in [-0.1, -0.05) is 117 Å². The van der Waals surface area contributed by atoms with E-state index in [2.05, 4.69) is 164 Å². The Bertz CT molecular complexity index is 2390. The molecule has 0 amide bonds. The molecule has 214 valence electrons. The summed E-state index contributed by atoms with van der Waals surface area (Å²) >= 11 is 0. The van der Waals surface area contributed by atoms with Gasteiger partial charge in [0.15, 0.2) is 0 Å². The summed E-state index contributed by atoms with van der Waals surface area (Å²) in [6.07, 6.45) is 0. The zero-order valence-electron chi connectivity index (χ0n) is 25.3. The molecule has 0 spiro atoms. The number of rotatable bonds is 4. The lowest BCUT2D eigenvalue weighted by molar-refractivity contribution is 0.656. The van der Waals surface area contributed by atoms with Crippen molar-refractivity contribution < 1.29 is 4.42 Å². The van der Waals surface area contributed by atoms with Crippen LogP contribution in [0.3, 0.4) is 0 Å². The van der Waals surface area contributed by atoms with Crippen molar-refractivity contribution in [2.45, 2.75) is 19.3 Å². The summed E-state index contributed by atoms with van der Waals surface area (Å²) in [7, 11) is 0. The molecule has 1 heterocycles. The van der Waals surface area contributed by atoms with Crippen molar-refractivity contribution in [1.29, 1.82) is 0 Å². The molecule has 0 saturated heterocycles. The van der Waals surface area contributed by atoms with Crippen molar-refractivity contribution in [2.24, 2.45) is 0 Å². The maximum absolute atomic E-state index is 6.30. The van der Waals surface area contributed by atoms with Crippen LogP contribution < -0.4 is 4.90 Å². The van der Waals surface area contributed by atoms with E-state index in [0.29, 0.717) is 0 Å². The number of para-hydroxylation sites is 2. The molecule has 9 rings (SSSR count). The number of benzene rings is 7. The van der Waals surface area contributed by atoms with E-state index in [4.69, 9.17) is 4.42 Å². The molecule has 0 atom stereocenters. The van der Waals surface area contributed by atoms with Crippen LogP contribution in [0, 0.1) is 0 Å².